The number of esters is 1. The van der Waals surface area contributed by atoms with Crippen LogP contribution in [0.25, 0.3) is 0 Å². The Kier molecular flexibility index (Phi) is 4.80. The number of nitrogens with one attached hydrogen (secondary N) is 1. The first-order valence-electron chi connectivity index (χ1n) is 4.68. The fraction of sp³-hybridized carbons (Fsp3) is 0.500. The van der Waals surface area contributed by atoms with E-state index in [1.807, 2.05) is 0 Å². The van der Waals surface area contributed by atoms with Crippen molar-refractivity contribution in [2.24, 2.45) is 5.73 Å². The largest absolute Gasteiger partial charge is 0.459 e. The van der Waals surface area contributed by atoms with Crippen molar-refractivity contribution in [1.82, 2.24) is 10.2 Å². The summed E-state index contributed by atoms with van der Waals surface area (Å²) in [6.45, 7) is 2.23. The van der Waals surface area contributed by atoms with E-state index in [-0.39, 0.29) is 11.7 Å². The summed E-state index contributed by atoms with van der Waals surface area (Å²) in [6, 6.07) is 0. The molecule has 0 unspecified atom stereocenters. The second-order valence-corrected chi connectivity index (χ2v) is 3.78. The van der Waals surface area contributed by atoms with Crippen LogP contribution in [-0.4, -0.2) is 35.2 Å². The number of aromatic nitrogens is 2. The van der Waals surface area contributed by atoms with Crippen molar-refractivity contribution in [1.29, 1.82) is 0 Å². The zero-order valence-electron chi connectivity index (χ0n) is 8.73. The highest BCUT2D eigenvalue weighted by atomic mass is 32.1. The summed E-state index contributed by atoms with van der Waals surface area (Å²) in [6.07, 6.45) is 0.590. The number of ether oxygens (including phenoxy) is 1. The molecule has 0 fully saturated rings. The summed E-state index contributed by atoms with van der Waals surface area (Å²) >= 11 is 1.18. The highest BCUT2D eigenvalue weighted by Gasteiger charge is 2.16. The van der Waals surface area contributed by atoms with Crippen LogP contribution in [0, 0.1) is 0 Å². The monoisotopic (exact) mass is 244 g/mol. The van der Waals surface area contributed by atoms with Crippen LogP contribution in [0.1, 0.15) is 11.9 Å². The van der Waals surface area contributed by atoms with E-state index < -0.39 is 11.9 Å². The van der Waals surface area contributed by atoms with E-state index in [2.05, 4.69) is 20.3 Å². The lowest BCUT2D eigenvalue weighted by Gasteiger charge is -1.99. The van der Waals surface area contributed by atoms with Gasteiger partial charge in [-0.2, -0.15) is 0 Å². The highest BCUT2D eigenvalue weighted by Crippen LogP contribution is 2.14. The van der Waals surface area contributed by atoms with Gasteiger partial charge in [0, 0.05) is 6.42 Å². The normalized spacial score (nSPS) is 9.88. The van der Waals surface area contributed by atoms with Crippen LogP contribution >= 0.6 is 11.3 Å². The number of carbonyl (C=O) groups is 2. The minimum absolute atomic E-state index is 0.154. The molecule has 8 heteroatoms. The molecule has 7 nitrogen and oxygen atoms in total. The van der Waals surface area contributed by atoms with Gasteiger partial charge in [0.15, 0.2) is 0 Å². The van der Waals surface area contributed by atoms with Gasteiger partial charge in [-0.1, -0.05) is 11.3 Å². The van der Waals surface area contributed by atoms with Crippen molar-refractivity contribution in [3.05, 3.63) is 5.01 Å². The van der Waals surface area contributed by atoms with Crippen LogP contribution in [-0.2, 0) is 20.7 Å². The van der Waals surface area contributed by atoms with E-state index >= 15 is 0 Å². The SMILES string of the molecule is CCOC(=O)C(=O)Nc1nnc(CCN)s1. The number of anilines is 1. The third kappa shape index (κ3) is 3.55. The third-order valence-electron chi connectivity index (χ3n) is 1.51. The average Bonchev–Trinajstić information content (AvgIpc) is 2.66. The number of amides is 1. The Morgan fingerprint density at radius 1 is 1.50 bits per heavy atom. The Labute approximate surface area is 96.0 Å². The van der Waals surface area contributed by atoms with Crippen LogP contribution in [0.2, 0.25) is 0 Å². The molecule has 1 aromatic heterocycles. The van der Waals surface area contributed by atoms with Gasteiger partial charge in [-0.25, -0.2) is 4.79 Å². The van der Waals surface area contributed by atoms with Crippen molar-refractivity contribution < 1.29 is 14.3 Å². The molecule has 0 aliphatic carbocycles. The third-order valence-corrected chi connectivity index (χ3v) is 2.40. The molecule has 1 heterocycles. The highest BCUT2D eigenvalue weighted by molar-refractivity contribution is 7.15. The molecule has 0 saturated heterocycles. The molecule has 0 aliphatic rings. The van der Waals surface area contributed by atoms with Crippen molar-refractivity contribution in [3.63, 3.8) is 0 Å². The fourth-order valence-electron chi connectivity index (χ4n) is 0.873. The Morgan fingerprint density at radius 3 is 2.88 bits per heavy atom. The first kappa shape index (κ1) is 12.5. The zero-order chi connectivity index (χ0) is 12.0. The van der Waals surface area contributed by atoms with Gasteiger partial charge in [-0.15, -0.1) is 10.2 Å². The van der Waals surface area contributed by atoms with Crippen molar-refractivity contribution in [3.8, 4) is 0 Å². The van der Waals surface area contributed by atoms with Gasteiger partial charge in [0.05, 0.1) is 6.61 Å². The lowest BCUT2D eigenvalue weighted by atomic mass is 10.5. The van der Waals surface area contributed by atoms with Gasteiger partial charge >= 0.3 is 11.9 Å². The van der Waals surface area contributed by atoms with E-state index in [0.29, 0.717) is 18.0 Å². The molecule has 0 aromatic carbocycles. The topological polar surface area (TPSA) is 107 Å². The number of nitrogens with zero attached hydrogens (tertiary/aromatic N) is 2. The fourth-order valence-corrected chi connectivity index (χ4v) is 1.62. The molecule has 3 N–H and O–H groups in total. The van der Waals surface area contributed by atoms with Crippen molar-refractivity contribution in [2.75, 3.05) is 18.5 Å². The van der Waals surface area contributed by atoms with Crippen LogP contribution in [0.15, 0.2) is 0 Å². The van der Waals surface area contributed by atoms with Gasteiger partial charge in [-0.3, -0.25) is 10.1 Å². The molecule has 0 spiro atoms. The average molecular weight is 244 g/mol. The predicted octanol–water partition coefficient (Wildman–Crippen LogP) is -0.459. The Balaban J connectivity index is 2.52. The van der Waals surface area contributed by atoms with E-state index in [1.54, 1.807) is 6.92 Å². The van der Waals surface area contributed by atoms with Crippen molar-refractivity contribution >= 4 is 28.3 Å². The smallest absolute Gasteiger partial charge is 0.397 e. The second kappa shape index (κ2) is 6.13. The molecule has 1 amide bonds. The molecular formula is C8H12N4O3S. The first-order valence-corrected chi connectivity index (χ1v) is 5.49. The Bertz CT molecular complexity index is 379. The van der Waals surface area contributed by atoms with Gasteiger partial charge in [0.1, 0.15) is 5.01 Å². The lowest BCUT2D eigenvalue weighted by Crippen LogP contribution is -2.24. The first-order chi connectivity index (χ1) is 7.67. The summed E-state index contributed by atoms with van der Waals surface area (Å²) in [7, 11) is 0. The predicted molar refractivity (Wildman–Crippen MR) is 57.9 cm³/mol. The van der Waals surface area contributed by atoms with E-state index in [0.717, 1.165) is 0 Å². The molecular weight excluding hydrogens is 232 g/mol. The van der Waals surface area contributed by atoms with Crippen molar-refractivity contribution in [2.45, 2.75) is 13.3 Å². The molecule has 1 aromatic rings. The number of carbonyl (C=O) groups excluding carboxylic acids is 2. The molecule has 0 atom stereocenters. The minimum Gasteiger partial charge on any atom is -0.459 e. The lowest BCUT2D eigenvalue weighted by molar-refractivity contribution is -0.152. The van der Waals surface area contributed by atoms with Gasteiger partial charge in [0.2, 0.25) is 5.13 Å². The van der Waals surface area contributed by atoms with Gasteiger partial charge in [-0.05, 0) is 13.5 Å². The molecule has 0 aliphatic heterocycles. The van der Waals surface area contributed by atoms with E-state index in [1.165, 1.54) is 11.3 Å². The number of rotatable bonds is 4. The Hall–Kier alpha value is -1.54. The standard InChI is InChI=1S/C8H12N4O3S/c1-2-15-7(14)6(13)10-8-12-11-5(16-8)3-4-9/h2-4,9H2,1H3,(H,10,12,13). The van der Waals surface area contributed by atoms with E-state index in [4.69, 9.17) is 5.73 Å². The minimum atomic E-state index is -0.932. The number of nitrogens with two attached hydrogens (primary N) is 1. The summed E-state index contributed by atoms with van der Waals surface area (Å²) in [5.74, 6) is -1.78. The van der Waals surface area contributed by atoms with Crippen LogP contribution in [0.3, 0.4) is 0 Å². The van der Waals surface area contributed by atoms with Crippen LogP contribution in [0.4, 0.5) is 5.13 Å². The number of hydrogen-bond acceptors (Lipinski definition) is 7. The maximum absolute atomic E-state index is 11.2. The molecule has 1 rings (SSSR count). The van der Waals surface area contributed by atoms with Gasteiger partial charge < -0.3 is 10.5 Å². The zero-order valence-corrected chi connectivity index (χ0v) is 9.54. The molecule has 88 valence electrons. The quantitative estimate of drug-likeness (QED) is 0.548. The molecule has 16 heavy (non-hydrogen) atoms. The summed E-state index contributed by atoms with van der Waals surface area (Å²) < 4.78 is 4.52. The van der Waals surface area contributed by atoms with Crippen LogP contribution < -0.4 is 11.1 Å². The van der Waals surface area contributed by atoms with E-state index in [9.17, 15) is 9.59 Å². The molecule has 0 bridgehead atoms. The Morgan fingerprint density at radius 2 is 2.25 bits per heavy atom. The van der Waals surface area contributed by atoms with Crippen LogP contribution in [0.5, 0.6) is 0 Å². The summed E-state index contributed by atoms with van der Waals surface area (Å²) in [5.41, 5.74) is 5.34. The molecule has 0 radical (unpaired) electrons. The van der Waals surface area contributed by atoms with Gasteiger partial charge in [0.25, 0.3) is 0 Å². The number of hydrogen-bond donors (Lipinski definition) is 2. The maximum Gasteiger partial charge on any atom is 0.397 e. The molecule has 0 saturated carbocycles. The summed E-state index contributed by atoms with van der Waals surface area (Å²) in [4.78, 5) is 22.2. The second-order valence-electron chi connectivity index (χ2n) is 2.71. The maximum atomic E-state index is 11.2. The summed E-state index contributed by atoms with van der Waals surface area (Å²) in [5, 5.41) is 10.7.